The van der Waals surface area contributed by atoms with Gasteiger partial charge in [0.05, 0.1) is 18.5 Å². The lowest BCUT2D eigenvalue weighted by Gasteiger charge is -2.03. The van der Waals surface area contributed by atoms with Gasteiger partial charge in [0.25, 0.3) is 0 Å². The average molecular weight is 373 g/mol. The molecule has 4 nitrogen and oxygen atoms in total. The van der Waals surface area contributed by atoms with Crippen molar-refractivity contribution in [2.24, 2.45) is 0 Å². The number of nitrogens with zero attached hydrogens (tertiary/aromatic N) is 1. The smallest absolute Gasteiger partial charge is 0.230 e. The van der Waals surface area contributed by atoms with Crippen LogP contribution in [-0.2, 0) is 17.1 Å². The van der Waals surface area contributed by atoms with E-state index in [9.17, 15) is 4.79 Å². The number of oxazole rings is 1. The molecule has 0 aliphatic rings. The van der Waals surface area contributed by atoms with E-state index in [1.807, 2.05) is 54.6 Å². The molecule has 1 amide bonds. The fourth-order valence-corrected chi connectivity index (χ4v) is 3.14. The highest BCUT2D eigenvalue weighted by Gasteiger charge is 2.08. The zero-order chi connectivity index (χ0) is 17.5. The molecular weight excluding hydrogens is 356 g/mol. The van der Waals surface area contributed by atoms with Gasteiger partial charge < -0.3 is 9.73 Å². The largest absolute Gasteiger partial charge is 0.439 e. The number of thioether (sulfide) groups is 1. The second-order valence-corrected chi connectivity index (χ2v) is 6.80. The van der Waals surface area contributed by atoms with Crippen LogP contribution in [0.4, 0.5) is 0 Å². The van der Waals surface area contributed by atoms with E-state index in [1.54, 1.807) is 18.0 Å². The van der Waals surface area contributed by atoms with Crippen molar-refractivity contribution >= 4 is 29.3 Å². The van der Waals surface area contributed by atoms with Crippen LogP contribution in [0.3, 0.4) is 0 Å². The number of halogens is 1. The van der Waals surface area contributed by atoms with Crippen LogP contribution in [0, 0.1) is 0 Å². The molecule has 1 N–H and O–H groups in total. The van der Waals surface area contributed by atoms with Crippen molar-refractivity contribution in [1.29, 1.82) is 0 Å². The quantitative estimate of drug-likeness (QED) is 0.661. The van der Waals surface area contributed by atoms with Crippen molar-refractivity contribution in [2.45, 2.75) is 12.3 Å². The van der Waals surface area contributed by atoms with Crippen LogP contribution in [-0.4, -0.2) is 16.6 Å². The topological polar surface area (TPSA) is 55.1 Å². The first-order chi connectivity index (χ1) is 12.2. The number of hydrogen-bond acceptors (Lipinski definition) is 4. The van der Waals surface area contributed by atoms with E-state index >= 15 is 0 Å². The lowest BCUT2D eigenvalue weighted by molar-refractivity contribution is -0.118. The van der Waals surface area contributed by atoms with Crippen LogP contribution < -0.4 is 5.32 Å². The fraction of sp³-hybridized carbons (Fsp3) is 0.158. The van der Waals surface area contributed by atoms with Crippen LogP contribution >= 0.6 is 23.4 Å². The van der Waals surface area contributed by atoms with Gasteiger partial charge in [-0.3, -0.25) is 4.79 Å². The molecule has 0 saturated heterocycles. The SMILES string of the molecule is O=C(CSCc1ccc(Cl)cc1)NCc1ncc(-c2ccccc2)o1. The monoisotopic (exact) mass is 372 g/mol. The average Bonchev–Trinajstić information content (AvgIpc) is 3.11. The third-order valence-corrected chi connectivity index (χ3v) is 4.72. The maximum Gasteiger partial charge on any atom is 0.230 e. The first-order valence-corrected chi connectivity index (χ1v) is 9.33. The summed E-state index contributed by atoms with van der Waals surface area (Å²) in [7, 11) is 0. The van der Waals surface area contributed by atoms with Gasteiger partial charge in [0.2, 0.25) is 11.8 Å². The van der Waals surface area contributed by atoms with E-state index in [2.05, 4.69) is 10.3 Å². The van der Waals surface area contributed by atoms with Crippen molar-refractivity contribution in [3.8, 4) is 11.3 Å². The zero-order valence-corrected chi connectivity index (χ0v) is 15.0. The minimum Gasteiger partial charge on any atom is -0.439 e. The molecule has 0 bridgehead atoms. The van der Waals surface area contributed by atoms with Crippen molar-refractivity contribution in [3.63, 3.8) is 0 Å². The number of carbonyl (C=O) groups excluding carboxylic acids is 1. The molecular formula is C19H17ClN2O2S. The maximum atomic E-state index is 11.9. The summed E-state index contributed by atoms with van der Waals surface area (Å²) in [6.45, 7) is 0.285. The Morgan fingerprint density at radius 3 is 2.64 bits per heavy atom. The molecule has 1 aromatic heterocycles. The Hall–Kier alpha value is -2.24. The van der Waals surface area contributed by atoms with Gasteiger partial charge in [-0.1, -0.05) is 54.1 Å². The van der Waals surface area contributed by atoms with E-state index in [0.717, 1.165) is 16.9 Å². The second-order valence-electron chi connectivity index (χ2n) is 5.38. The molecule has 0 radical (unpaired) electrons. The third kappa shape index (κ3) is 5.37. The highest BCUT2D eigenvalue weighted by atomic mass is 35.5. The zero-order valence-electron chi connectivity index (χ0n) is 13.4. The van der Waals surface area contributed by atoms with Crippen molar-refractivity contribution in [3.05, 3.63) is 77.3 Å². The third-order valence-electron chi connectivity index (χ3n) is 3.46. The van der Waals surface area contributed by atoms with E-state index in [1.165, 1.54) is 0 Å². The summed E-state index contributed by atoms with van der Waals surface area (Å²) < 4.78 is 5.66. The number of nitrogens with one attached hydrogen (secondary N) is 1. The Morgan fingerprint density at radius 2 is 1.88 bits per heavy atom. The molecule has 0 aliphatic heterocycles. The van der Waals surface area contributed by atoms with E-state index in [4.69, 9.17) is 16.0 Å². The number of rotatable bonds is 7. The summed E-state index contributed by atoms with van der Waals surface area (Å²) in [6, 6.07) is 17.4. The van der Waals surface area contributed by atoms with Crippen molar-refractivity contribution < 1.29 is 9.21 Å². The van der Waals surface area contributed by atoms with E-state index in [-0.39, 0.29) is 12.5 Å². The summed E-state index contributed by atoms with van der Waals surface area (Å²) in [5, 5.41) is 3.54. The molecule has 3 rings (SSSR count). The molecule has 3 aromatic rings. The van der Waals surface area contributed by atoms with Crippen molar-refractivity contribution in [2.75, 3.05) is 5.75 Å². The Kier molecular flexibility index (Phi) is 6.14. The molecule has 6 heteroatoms. The minimum absolute atomic E-state index is 0.0431. The van der Waals surface area contributed by atoms with Gasteiger partial charge in [0, 0.05) is 16.3 Å². The summed E-state index contributed by atoms with van der Waals surface area (Å²) >= 11 is 7.40. The van der Waals surface area contributed by atoms with Crippen LogP contribution in [0.15, 0.2) is 65.2 Å². The Balaban J connectivity index is 1.42. The molecule has 0 saturated carbocycles. The number of carbonyl (C=O) groups is 1. The molecule has 0 aliphatic carbocycles. The molecule has 128 valence electrons. The van der Waals surface area contributed by atoms with Crippen LogP contribution in [0.5, 0.6) is 0 Å². The molecule has 0 spiro atoms. The number of benzene rings is 2. The van der Waals surface area contributed by atoms with Crippen LogP contribution in [0.1, 0.15) is 11.5 Å². The second kappa shape index (κ2) is 8.74. The predicted octanol–water partition coefficient (Wildman–Crippen LogP) is 4.54. The van der Waals surface area contributed by atoms with Gasteiger partial charge in [0.1, 0.15) is 0 Å². The van der Waals surface area contributed by atoms with Gasteiger partial charge >= 0.3 is 0 Å². The molecule has 0 unspecified atom stereocenters. The Morgan fingerprint density at radius 1 is 1.12 bits per heavy atom. The first-order valence-electron chi connectivity index (χ1n) is 7.80. The summed E-state index contributed by atoms with van der Waals surface area (Å²) in [6.07, 6.45) is 1.67. The van der Waals surface area contributed by atoms with Gasteiger partial charge in [-0.05, 0) is 17.7 Å². The van der Waals surface area contributed by atoms with Gasteiger partial charge in [-0.15, -0.1) is 11.8 Å². The standard InChI is InChI=1S/C19H17ClN2O2S/c20-16-8-6-14(7-9-16)12-25-13-18(23)21-11-19-22-10-17(24-19)15-4-2-1-3-5-15/h1-10H,11-13H2,(H,21,23). The Bertz CT molecular complexity index is 819. The normalized spacial score (nSPS) is 10.6. The van der Waals surface area contributed by atoms with Gasteiger partial charge in [0.15, 0.2) is 5.76 Å². The van der Waals surface area contributed by atoms with Crippen molar-refractivity contribution in [1.82, 2.24) is 10.3 Å². The maximum absolute atomic E-state index is 11.9. The summed E-state index contributed by atoms with van der Waals surface area (Å²) in [5.41, 5.74) is 2.11. The predicted molar refractivity (Wildman–Crippen MR) is 101 cm³/mol. The number of aromatic nitrogens is 1. The Labute approximate surface area is 155 Å². The highest BCUT2D eigenvalue weighted by molar-refractivity contribution is 7.99. The first kappa shape index (κ1) is 17.6. The fourth-order valence-electron chi connectivity index (χ4n) is 2.20. The summed E-state index contributed by atoms with van der Waals surface area (Å²) in [5.74, 6) is 2.30. The van der Waals surface area contributed by atoms with Crippen LogP contribution in [0.2, 0.25) is 5.02 Å². The van der Waals surface area contributed by atoms with E-state index in [0.29, 0.717) is 22.4 Å². The molecule has 2 aromatic carbocycles. The summed E-state index contributed by atoms with van der Waals surface area (Å²) in [4.78, 5) is 16.1. The highest BCUT2D eigenvalue weighted by Crippen LogP contribution is 2.19. The molecule has 0 fully saturated rings. The number of hydrogen-bond donors (Lipinski definition) is 1. The minimum atomic E-state index is -0.0431. The molecule has 25 heavy (non-hydrogen) atoms. The lowest BCUT2D eigenvalue weighted by atomic mass is 10.2. The van der Waals surface area contributed by atoms with Gasteiger partial charge in [-0.2, -0.15) is 0 Å². The number of amides is 1. The van der Waals surface area contributed by atoms with E-state index < -0.39 is 0 Å². The lowest BCUT2D eigenvalue weighted by Crippen LogP contribution is -2.24. The molecule has 1 heterocycles. The van der Waals surface area contributed by atoms with Gasteiger partial charge in [-0.25, -0.2) is 4.98 Å². The molecule has 0 atom stereocenters. The van der Waals surface area contributed by atoms with Crippen LogP contribution in [0.25, 0.3) is 11.3 Å².